The molecule has 3 amide bonds. The summed E-state index contributed by atoms with van der Waals surface area (Å²) in [5.74, 6) is 0.756. The third-order valence-electron chi connectivity index (χ3n) is 2.69. The Morgan fingerprint density at radius 3 is 2.42 bits per heavy atom. The number of benzene rings is 1. The lowest BCUT2D eigenvalue weighted by atomic mass is 10.2. The quantitative estimate of drug-likeness (QED) is 0.637. The van der Waals surface area contributed by atoms with E-state index >= 15 is 0 Å². The van der Waals surface area contributed by atoms with E-state index in [1.165, 1.54) is 6.08 Å². The largest absolute Gasteiger partial charge is 0.457 e. The molecule has 0 atom stereocenters. The Bertz CT molecular complexity index is 671. The second-order valence-corrected chi connectivity index (χ2v) is 4.03. The van der Waals surface area contributed by atoms with Crippen molar-refractivity contribution in [3.05, 3.63) is 53.9 Å². The van der Waals surface area contributed by atoms with Crippen LogP contribution < -0.4 is 10.6 Å². The zero-order chi connectivity index (χ0) is 13.2. The Kier molecular flexibility index (Phi) is 2.64. The molecular weight excluding hydrogens is 244 g/mol. The molecule has 2 aromatic rings. The number of furan rings is 1. The van der Waals surface area contributed by atoms with Crippen molar-refractivity contribution in [1.82, 2.24) is 10.6 Å². The van der Waals surface area contributed by atoms with Gasteiger partial charge in [0.2, 0.25) is 0 Å². The van der Waals surface area contributed by atoms with Crippen LogP contribution in [0.2, 0.25) is 0 Å². The minimum absolute atomic E-state index is 0.180. The molecule has 19 heavy (non-hydrogen) atoms. The molecule has 1 fully saturated rings. The topological polar surface area (TPSA) is 71.3 Å². The number of imide groups is 1. The highest BCUT2D eigenvalue weighted by atomic mass is 16.3. The average Bonchev–Trinajstić information content (AvgIpc) is 2.99. The van der Waals surface area contributed by atoms with E-state index in [9.17, 15) is 9.59 Å². The van der Waals surface area contributed by atoms with Gasteiger partial charge in [0.15, 0.2) is 0 Å². The monoisotopic (exact) mass is 254 g/mol. The van der Waals surface area contributed by atoms with E-state index in [1.54, 1.807) is 6.07 Å². The van der Waals surface area contributed by atoms with Gasteiger partial charge in [0.05, 0.1) is 0 Å². The van der Waals surface area contributed by atoms with Crippen LogP contribution in [0.25, 0.3) is 17.4 Å². The molecule has 1 aliphatic rings. The molecule has 0 saturated carbocycles. The predicted octanol–water partition coefficient (Wildman–Crippen LogP) is 2.13. The molecule has 5 heteroatoms. The van der Waals surface area contributed by atoms with E-state index in [1.807, 2.05) is 36.4 Å². The maximum Gasteiger partial charge on any atom is 0.326 e. The molecule has 0 radical (unpaired) electrons. The van der Waals surface area contributed by atoms with Crippen LogP contribution in [0, 0.1) is 0 Å². The molecule has 0 spiro atoms. The van der Waals surface area contributed by atoms with Gasteiger partial charge >= 0.3 is 6.03 Å². The first kappa shape index (κ1) is 11.3. The van der Waals surface area contributed by atoms with E-state index in [0.717, 1.165) is 5.56 Å². The number of urea groups is 1. The standard InChI is InChI=1S/C14H10N2O3/c17-13-11(15-14(18)16-13)8-10-6-7-12(19-10)9-4-2-1-3-5-9/h1-8H,(H2,15,16,17,18)/b11-8-. The lowest BCUT2D eigenvalue weighted by molar-refractivity contribution is -0.115. The van der Waals surface area contributed by atoms with E-state index in [0.29, 0.717) is 11.5 Å². The minimum Gasteiger partial charge on any atom is -0.457 e. The fourth-order valence-electron chi connectivity index (χ4n) is 1.81. The maximum absolute atomic E-state index is 11.4. The van der Waals surface area contributed by atoms with Crippen molar-refractivity contribution in [2.75, 3.05) is 0 Å². The molecule has 5 nitrogen and oxygen atoms in total. The summed E-state index contributed by atoms with van der Waals surface area (Å²) in [5.41, 5.74) is 1.13. The predicted molar refractivity (Wildman–Crippen MR) is 68.8 cm³/mol. The van der Waals surface area contributed by atoms with Crippen molar-refractivity contribution in [1.29, 1.82) is 0 Å². The highest BCUT2D eigenvalue weighted by molar-refractivity contribution is 6.13. The van der Waals surface area contributed by atoms with Crippen molar-refractivity contribution in [3.8, 4) is 11.3 Å². The minimum atomic E-state index is -0.522. The first-order chi connectivity index (χ1) is 9.22. The zero-order valence-corrected chi connectivity index (χ0v) is 9.84. The van der Waals surface area contributed by atoms with Gasteiger partial charge in [0.25, 0.3) is 5.91 Å². The van der Waals surface area contributed by atoms with Crippen LogP contribution in [0.15, 0.2) is 52.6 Å². The van der Waals surface area contributed by atoms with E-state index in [4.69, 9.17) is 4.42 Å². The molecule has 2 N–H and O–H groups in total. The first-order valence-electron chi connectivity index (χ1n) is 5.72. The molecule has 2 heterocycles. The van der Waals surface area contributed by atoms with Crippen molar-refractivity contribution < 1.29 is 14.0 Å². The molecular formula is C14H10N2O3. The van der Waals surface area contributed by atoms with Crippen molar-refractivity contribution in [2.45, 2.75) is 0 Å². The van der Waals surface area contributed by atoms with Crippen LogP contribution in [0.3, 0.4) is 0 Å². The molecule has 0 bridgehead atoms. The summed E-state index contributed by atoms with van der Waals surface area (Å²) in [5, 5.41) is 4.53. The van der Waals surface area contributed by atoms with Gasteiger partial charge in [-0.15, -0.1) is 0 Å². The number of hydrogen-bond donors (Lipinski definition) is 2. The summed E-state index contributed by atoms with van der Waals surface area (Å²) in [6.45, 7) is 0. The number of carbonyl (C=O) groups excluding carboxylic acids is 2. The lowest BCUT2D eigenvalue weighted by Crippen LogP contribution is -2.22. The second-order valence-electron chi connectivity index (χ2n) is 4.03. The summed E-state index contributed by atoms with van der Waals surface area (Å²) in [4.78, 5) is 22.3. The van der Waals surface area contributed by atoms with E-state index < -0.39 is 11.9 Å². The average molecular weight is 254 g/mol. The number of amides is 3. The third-order valence-corrected chi connectivity index (χ3v) is 2.69. The number of carbonyl (C=O) groups is 2. The second kappa shape index (κ2) is 4.45. The summed E-state index contributed by atoms with van der Waals surface area (Å²) in [6, 6.07) is 12.7. The highest BCUT2D eigenvalue weighted by Crippen LogP contribution is 2.23. The Labute approximate surface area is 108 Å². The maximum atomic E-state index is 11.4. The van der Waals surface area contributed by atoms with Crippen LogP contribution in [-0.4, -0.2) is 11.9 Å². The van der Waals surface area contributed by atoms with Crippen LogP contribution in [0.4, 0.5) is 4.79 Å². The number of rotatable bonds is 2. The molecule has 1 saturated heterocycles. The Hall–Kier alpha value is -2.82. The normalized spacial score (nSPS) is 16.5. The smallest absolute Gasteiger partial charge is 0.326 e. The molecule has 3 rings (SSSR count). The fraction of sp³-hybridized carbons (Fsp3) is 0. The van der Waals surface area contributed by atoms with Crippen LogP contribution in [-0.2, 0) is 4.79 Å². The molecule has 0 unspecified atom stereocenters. The van der Waals surface area contributed by atoms with Gasteiger partial charge in [0.1, 0.15) is 17.2 Å². The van der Waals surface area contributed by atoms with Crippen LogP contribution in [0.1, 0.15) is 5.76 Å². The first-order valence-corrected chi connectivity index (χ1v) is 5.72. The van der Waals surface area contributed by atoms with Crippen LogP contribution >= 0.6 is 0 Å². The van der Waals surface area contributed by atoms with Crippen molar-refractivity contribution in [3.63, 3.8) is 0 Å². The van der Waals surface area contributed by atoms with Gasteiger partial charge in [-0.3, -0.25) is 10.1 Å². The Balaban J connectivity index is 1.89. The van der Waals surface area contributed by atoms with Gasteiger partial charge in [-0.05, 0) is 12.1 Å². The van der Waals surface area contributed by atoms with Gasteiger partial charge in [-0.2, -0.15) is 0 Å². The van der Waals surface area contributed by atoms with Gasteiger partial charge in [0, 0.05) is 11.6 Å². The molecule has 1 aromatic carbocycles. The Morgan fingerprint density at radius 2 is 1.74 bits per heavy atom. The van der Waals surface area contributed by atoms with Gasteiger partial charge < -0.3 is 9.73 Å². The third kappa shape index (κ3) is 2.26. The number of hydrogen-bond acceptors (Lipinski definition) is 3. The highest BCUT2D eigenvalue weighted by Gasteiger charge is 2.23. The van der Waals surface area contributed by atoms with Crippen LogP contribution in [0.5, 0.6) is 0 Å². The summed E-state index contributed by atoms with van der Waals surface area (Å²) < 4.78 is 5.61. The van der Waals surface area contributed by atoms with E-state index in [-0.39, 0.29) is 5.70 Å². The van der Waals surface area contributed by atoms with Gasteiger partial charge in [-0.1, -0.05) is 30.3 Å². The molecule has 1 aliphatic heterocycles. The fourth-order valence-corrected chi connectivity index (χ4v) is 1.81. The molecule has 1 aromatic heterocycles. The van der Waals surface area contributed by atoms with E-state index in [2.05, 4.69) is 10.6 Å². The number of nitrogens with one attached hydrogen (secondary N) is 2. The summed E-state index contributed by atoms with van der Waals surface area (Å²) >= 11 is 0. The van der Waals surface area contributed by atoms with Crippen molar-refractivity contribution >= 4 is 18.0 Å². The van der Waals surface area contributed by atoms with Gasteiger partial charge in [-0.25, -0.2) is 4.79 Å². The zero-order valence-electron chi connectivity index (χ0n) is 9.84. The van der Waals surface area contributed by atoms with Crippen molar-refractivity contribution in [2.24, 2.45) is 0 Å². The summed E-state index contributed by atoms with van der Waals surface area (Å²) in [6.07, 6.45) is 1.49. The molecule has 94 valence electrons. The lowest BCUT2D eigenvalue weighted by Gasteiger charge is -1.95. The summed E-state index contributed by atoms with van der Waals surface area (Å²) in [7, 11) is 0. The molecule has 0 aliphatic carbocycles. The Morgan fingerprint density at radius 1 is 0.947 bits per heavy atom. The SMILES string of the molecule is O=C1NC(=O)/C(=C/c2ccc(-c3ccccc3)o2)N1.